The zero-order valence-corrected chi connectivity index (χ0v) is 11.1. The molecule has 0 saturated heterocycles. The molecule has 1 aliphatic rings. The van der Waals surface area contributed by atoms with E-state index >= 15 is 0 Å². The van der Waals surface area contributed by atoms with E-state index in [1.807, 2.05) is 19.1 Å². The highest BCUT2D eigenvalue weighted by molar-refractivity contribution is 5.56. The van der Waals surface area contributed by atoms with Crippen LogP contribution in [0.1, 0.15) is 24.8 Å². The van der Waals surface area contributed by atoms with Crippen LogP contribution in [-0.2, 0) is 0 Å². The SMILES string of the molecule is COc1cc(OC)c(C2CC2(C)C#N)c(OC)c1. The van der Waals surface area contributed by atoms with Crippen LogP contribution in [-0.4, -0.2) is 21.3 Å². The molecule has 1 saturated carbocycles. The second-order valence-corrected chi connectivity index (χ2v) is 4.73. The van der Waals surface area contributed by atoms with Crippen molar-refractivity contribution in [2.45, 2.75) is 19.3 Å². The molecule has 1 fully saturated rings. The van der Waals surface area contributed by atoms with Gasteiger partial charge in [-0.05, 0) is 13.3 Å². The zero-order valence-electron chi connectivity index (χ0n) is 11.1. The Labute approximate surface area is 107 Å². The van der Waals surface area contributed by atoms with E-state index in [0.29, 0.717) is 5.75 Å². The summed E-state index contributed by atoms with van der Waals surface area (Å²) in [4.78, 5) is 0. The third-order valence-corrected chi connectivity index (χ3v) is 3.59. The lowest BCUT2D eigenvalue weighted by Gasteiger charge is -2.15. The maximum Gasteiger partial charge on any atom is 0.129 e. The van der Waals surface area contributed by atoms with E-state index in [-0.39, 0.29) is 11.3 Å². The summed E-state index contributed by atoms with van der Waals surface area (Å²) in [5, 5.41) is 9.17. The molecule has 1 aromatic rings. The van der Waals surface area contributed by atoms with Crippen LogP contribution in [0.15, 0.2) is 12.1 Å². The summed E-state index contributed by atoms with van der Waals surface area (Å²) >= 11 is 0. The quantitative estimate of drug-likeness (QED) is 0.820. The van der Waals surface area contributed by atoms with Crippen LogP contribution in [0, 0.1) is 16.7 Å². The van der Waals surface area contributed by atoms with Crippen molar-refractivity contribution in [3.05, 3.63) is 17.7 Å². The number of nitriles is 1. The van der Waals surface area contributed by atoms with Crippen molar-refractivity contribution in [2.24, 2.45) is 5.41 Å². The lowest BCUT2D eigenvalue weighted by atomic mass is 10.0. The zero-order chi connectivity index (χ0) is 13.3. The Hall–Kier alpha value is -1.89. The standard InChI is InChI=1S/C14H17NO3/c1-14(8-15)7-10(14)13-11(17-3)5-9(16-2)6-12(13)18-4/h5-6,10H,7H2,1-4H3. The second kappa shape index (κ2) is 4.41. The average Bonchev–Trinajstić information content (AvgIpc) is 3.09. The predicted molar refractivity (Wildman–Crippen MR) is 67.2 cm³/mol. The van der Waals surface area contributed by atoms with Crippen molar-refractivity contribution in [3.63, 3.8) is 0 Å². The molecule has 2 atom stereocenters. The molecule has 0 bridgehead atoms. The number of hydrogen-bond donors (Lipinski definition) is 0. The Morgan fingerprint density at radius 1 is 1.17 bits per heavy atom. The van der Waals surface area contributed by atoms with Crippen LogP contribution < -0.4 is 14.2 Å². The summed E-state index contributed by atoms with van der Waals surface area (Å²) in [6.45, 7) is 1.96. The van der Waals surface area contributed by atoms with E-state index in [2.05, 4.69) is 6.07 Å². The van der Waals surface area contributed by atoms with E-state index in [1.54, 1.807) is 21.3 Å². The van der Waals surface area contributed by atoms with Crippen LogP contribution in [0.5, 0.6) is 17.2 Å². The van der Waals surface area contributed by atoms with Gasteiger partial charge in [0.1, 0.15) is 17.2 Å². The van der Waals surface area contributed by atoms with Crippen LogP contribution in [0.4, 0.5) is 0 Å². The molecule has 1 aliphatic carbocycles. The van der Waals surface area contributed by atoms with Gasteiger partial charge < -0.3 is 14.2 Å². The number of nitrogens with zero attached hydrogens (tertiary/aromatic N) is 1. The number of rotatable bonds is 4. The van der Waals surface area contributed by atoms with Gasteiger partial charge in [0.2, 0.25) is 0 Å². The van der Waals surface area contributed by atoms with Crippen molar-refractivity contribution in [1.82, 2.24) is 0 Å². The Morgan fingerprint density at radius 3 is 2.06 bits per heavy atom. The molecule has 96 valence electrons. The van der Waals surface area contributed by atoms with Gasteiger partial charge in [-0.25, -0.2) is 0 Å². The fourth-order valence-electron chi connectivity index (χ4n) is 2.29. The molecule has 4 nitrogen and oxygen atoms in total. The van der Waals surface area contributed by atoms with Crippen molar-refractivity contribution >= 4 is 0 Å². The Bertz CT molecular complexity index is 481. The number of benzene rings is 1. The molecule has 0 amide bonds. The van der Waals surface area contributed by atoms with Gasteiger partial charge in [-0.3, -0.25) is 0 Å². The first-order valence-electron chi connectivity index (χ1n) is 5.80. The highest BCUT2D eigenvalue weighted by atomic mass is 16.5. The first-order chi connectivity index (χ1) is 8.59. The topological polar surface area (TPSA) is 51.5 Å². The highest BCUT2D eigenvalue weighted by Crippen LogP contribution is 2.62. The van der Waals surface area contributed by atoms with Gasteiger partial charge in [0.15, 0.2) is 0 Å². The molecular weight excluding hydrogens is 230 g/mol. The molecule has 2 unspecified atom stereocenters. The van der Waals surface area contributed by atoms with E-state index in [9.17, 15) is 0 Å². The summed E-state index contributed by atoms with van der Waals surface area (Å²) < 4.78 is 16.0. The third kappa shape index (κ3) is 1.86. The minimum atomic E-state index is -0.310. The van der Waals surface area contributed by atoms with Gasteiger partial charge in [0, 0.05) is 23.6 Å². The number of methoxy groups -OCH3 is 3. The van der Waals surface area contributed by atoms with Gasteiger partial charge in [-0.2, -0.15) is 5.26 Å². The van der Waals surface area contributed by atoms with E-state index < -0.39 is 0 Å². The minimum Gasteiger partial charge on any atom is -0.496 e. The van der Waals surface area contributed by atoms with E-state index in [0.717, 1.165) is 23.5 Å². The second-order valence-electron chi connectivity index (χ2n) is 4.73. The van der Waals surface area contributed by atoms with Crippen LogP contribution in [0.2, 0.25) is 0 Å². The number of hydrogen-bond acceptors (Lipinski definition) is 4. The Kier molecular flexibility index (Phi) is 3.08. The monoisotopic (exact) mass is 247 g/mol. The van der Waals surface area contributed by atoms with Crippen LogP contribution in [0.3, 0.4) is 0 Å². The van der Waals surface area contributed by atoms with Gasteiger partial charge in [-0.15, -0.1) is 0 Å². The minimum absolute atomic E-state index is 0.165. The molecule has 2 rings (SSSR count). The van der Waals surface area contributed by atoms with Gasteiger partial charge >= 0.3 is 0 Å². The Morgan fingerprint density at radius 2 is 1.72 bits per heavy atom. The molecule has 0 aliphatic heterocycles. The molecular formula is C14H17NO3. The predicted octanol–water partition coefficient (Wildman–Crippen LogP) is 2.73. The summed E-state index contributed by atoms with van der Waals surface area (Å²) in [6, 6.07) is 6.01. The fraction of sp³-hybridized carbons (Fsp3) is 0.500. The molecule has 18 heavy (non-hydrogen) atoms. The summed E-state index contributed by atoms with van der Waals surface area (Å²) in [5.74, 6) is 2.29. The van der Waals surface area contributed by atoms with Gasteiger partial charge in [0.25, 0.3) is 0 Å². The van der Waals surface area contributed by atoms with E-state index in [4.69, 9.17) is 19.5 Å². The first kappa shape index (κ1) is 12.6. The fourth-order valence-corrected chi connectivity index (χ4v) is 2.29. The van der Waals surface area contributed by atoms with Gasteiger partial charge in [0.05, 0.1) is 32.8 Å². The smallest absolute Gasteiger partial charge is 0.129 e. The maximum atomic E-state index is 9.17. The van der Waals surface area contributed by atoms with Crippen LogP contribution in [0.25, 0.3) is 0 Å². The van der Waals surface area contributed by atoms with Crippen LogP contribution >= 0.6 is 0 Å². The lowest BCUT2D eigenvalue weighted by molar-refractivity contribution is 0.367. The molecule has 0 radical (unpaired) electrons. The number of ether oxygens (including phenoxy) is 3. The first-order valence-corrected chi connectivity index (χ1v) is 5.80. The largest absolute Gasteiger partial charge is 0.496 e. The normalized spacial score (nSPS) is 25.2. The molecule has 0 N–H and O–H groups in total. The molecule has 1 aromatic carbocycles. The average molecular weight is 247 g/mol. The third-order valence-electron chi connectivity index (χ3n) is 3.59. The maximum absolute atomic E-state index is 9.17. The van der Waals surface area contributed by atoms with Crippen molar-refractivity contribution in [2.75, 3.05) is 21.3 Å². The Balaban J connectivity index is 2.49. The molecule has 4 heteroatoms. The van der Waals surface area contributed by atoms with Gasteiger partial charge in [-0.1, -0.05) is 0 Å². The summed E-state index contributed by atoms with van der Waals surface area (Å²) in [6.07, 6.45) is 0.836. The summed E-state index contributed by atoms with van der Waals surface area (Å²) in [5.41, 5.74) is 0.652. The molecule has 0 heterocycles. The molecule has 0 aromatic heterocycles. The van der Waals surface area contributed by atoms with Crippen molar-refractivity contribution in [3.8, 4) is 23.3 Å². The van der Waals surface area contributed by atoms with Crippen molar-refractivity contribution in [1.29, 1.82) is 5.26 Å². The van der Waals surface area contributed by atoms with Crippen molar-refractivity contribution < 1.29 is 14.2 Å². The summed E-state index contributed by atoms with van der Waals surface area (Å²) in [7, 11) is 4.83. The van der Waals surface area contributed by atoms with E-state index in [1.165, 1.54) is 0 Å². The molecule has 0 spiro atoms. The highest BCUT2D eigenvalue weighted by Gasteiger charge is 2.54. The lowest BCUT2D eigenvalue weighted by Crippen LogP contribution is -2.00.